The first-order chi connectivity index (χ1) is 16.6. The van der Waals surface area contributed by atoms with Gasteiger partial charge in [-0.3, -0.25) is 0 Å². The molecule has 186 valence electrons. The largest absolute Gasteiger partial charge is 0.480 e. The van der Waals surface area contributed by atoms with E-state index in [0.29, 0.717) is 25.9 Å². The third-order valence-corrected chi connectivity index (χ3v) is 6.54. The Kier molecular flexibility index (Phi) is 7.00. The van der Waals surface area contributed by atoms with Crippen LogP contribution < -0.4 is 5.32 Å². The molecule has 0 saturated carbocycles. The van der Waals surface area contributed by atoms with Crippen LogP contribution in [0.15, 0.2) is 48.5 Å². The average molecular weight is 481 g/mol. The van der Waals surface area contributed by atoms with E-state index in [2.05, 4.69) is 29.6 Å². The van der Waals surface area contributed by atoms with Gasteiger partial charge in [-0.05, 0) is 61.8 Å². The topological polar surface area (TPSA) is 105 Å². The zero-order valence-electron chi connectivity index (χ0n) is 20.3. The molecule has 2 aromatic carbocycles. The lowest BCUT2D eigenvalue weighted by atomic mass is 9.89. The second kappa shape index (κ2) is 9.98. The zero-order valence-corrected chi connectivity index (χ0v) is 20.3. The SMILES string of the molecule is CC(C)(C)OC(=O)N[C@H](C(=O)O)C1CCN(C(=O)OCC2c3ccccc3-c3ccccc32)CC1. The third-order valence-electron chi connectivity index (χ3n) is 6.54. The summed E-state index contributed by atoms with van der Waals surface area (Å²) in [6.07, 6.45) is -0.283. The maximum absolute atomic E-state index is 12.8. The van der Waals surface area contributed by atoms with Crippen molar-refractivity contribution in [3.63, 3.8) is 0 Å². The van der Waals surface area contributed by atoms with Gasteiger partial charge in [0.25, 0.3) is 0 Å². The number of likely N-dealkylation sites (tertiary alicyclic amines) is 1. The standard InChI is InChI=1S/C27H32N2O6/c1-27(2,3)35-25(32)28-23(24(30)31)17-12-14-29(15-13-17)26(33)34-16-22-20-10-6-4-8-18(20)19-9-5-7-11-21(19)22/h4-11,17,22-23H,12-16H2,1-3H3,(H,28,32)(H,30,31)/t23-/m0/s1. The predicted molar refractivity (Wildman–Crippen MR) is 130 cm³/mol. The van der Waals surface area contributed by atoms with E-state index in [0.717, 1.165) is 11.1 Å². The second-order valence-electron chi connectivity index (χ2n) is 10.1. The van der Waals surface area contributed by atoms with Crippen LogP contribution in [0, 0.1) is 5.92 Å². The average Bonchev–Trinajstić information content (AvgIpc) is 3.13. The fraction of sp³-hybridized carbons (Fsp3) is 0.444. The van der Waals surface area contributed by atoms with Crippen LogP contribution in [0.25, 0.3) is 11.1 Å². The van der Waals surface area contributed by atoms with Crippen LogP contribution in [-0.4, -0.2) is 59.5 Å². The lowest BCUT2D eigenvalue weighted by Gasteiger charge is -2.34. The second-order valence-corrected chi connectivity index (χ2v) is 10.1. The number of aliphatic carboxylic acids is 1. The first-order valence-electron chi connectivity index (χ1n) is 12.0. The number of carboxylic acids is 1. The van der Waals surface area contributed by atoms with Crippen molar-refractivity contribution in [2.24, 2.45) is 5.92 Å². The number of amides is 2. The zero-order chi connectivity index (χ0) is 25.2. The normalized spacial score (nSPS) is 16.7. The number of carboxylic acid groups (broad SMARTS) is 1. The molecule has 0 aromatic heterocycles. The summed E-state index contributed by atoms with van der Waals surface area (Å²) in [6, 6.07) is 15.3. The number of carbonyl (C=O) groups excluding carboxylic acids is 2. The van der Waals surface area contributed by atoms with Gasteiger partial charge in [0.2, 0.25) is 0 Å². The van der Waals surface area contributed by atoms with Crippen molar-refractivity contribution < 1.29 is 29.0 Å². The summed E-state index contributed by atoms with van der Waals surface area (Å²) in [5.74, 6) is -1.44. The van der Waals surface area contributed by atoms with Crippen molar-refractivity contribution in [2.45, 2.75) is 51.2 Å². The summed E-state index contributed by atoms with van der Waals surface area (Å²) in [4.78, 5) is 38.3. The van der Waals surface area contributed by atoms with E-state index in [1.807, 2.05) is 24.3 Å². The molecule has 2 aliphatic rings. The van der Waals surface area contributed by atoms with E-state index in [1.54, 1.807) is 25.7 Å². The molecular formula is C27H32N2O6. The minimum Gasteiger partial charge on any atom is -0.480 e. The van der Waals surface area contributed by atoms with E-state index in [4.69, 9.17) is 9.47 Å². The van der Waals surface area contributed by atoms with Crippen LogP contribution in [0.2, 0.25) is 0 Å². The van der Waals surface area contributed by atoms with Crippen LogP contribution >= 0.6 is 0 Å². The lowest BCUT2D eigenvalue weighted by molar-refractivity contribution is -0.141. The van der Waals surface area contributed by atoms with Gasteiger partial charge in [0.05, 0.1) is 0 Å². The molecule has 2 aromatic rings. The van der Waals surface area contributed by atoms with Gasteiger partial charge in [0.1, 0.15) is 18.2 Å². The Balaban J connectivity index is 1.33. The van der Waals surface area contributed by atoms with Gasteiger partial charge in [0.15, 0.2) is 0 Å². The van der Waals surface area contributed by atoms with Crippen LogP contribution in [0.3, 0.4) is 0 Å². The first kappa shape index (κ1) is 24.6. The molecule has 1 heterocycles. The molecule has 1 fully saturated rings. The maximum atomic E-state index is 12.8. The van der Waals surface area contributed by atoms with Gasteiger partial charge < -0.3 is 24.8 Å². The molecule has 2 amide bonds. The van der Waals surface area contributed by atoms with E-state index in [1.165, 1.54) is 11.1 Å². The number of rotatable bonds is 5. The maximum Gasteiger partial charge on any atom is 0.409 e. The number of nitrogens with zero attached hydrogens (tertiary/aromatic N) is 1. The molecule has 1 atom stereocenters. The Bertz CT molecular complexity index is 1060. The highest BCUT2D eigenvalue weighted by molar-refractivity contribution is 5.81. The molecule has 4 rings (SSSR count). The smallest absolute Gasteiger partial charge is 0.409 e. The van der Waals surface area contributed by atoms with Crippen LogP contribution in [0.4, 0.5) is 9.59 Å². The van der Waals surface area contributed by atoms with Crippen LogP contribution in [-0.2, 0) is 14.3 Å². The quantitative estimate of drug-likeness (QED) is 0.647. The highest BCUT2D eigenvalue weighted by Crippen LogP contribution is 2.44. The summed E-state index contributed by atoms with van der Waals surface area (Å²) in [6.45, 7) is 6.12. The summed E-state index contributed by atoms with van der Waals surface area (Å²) >= 11 is 0. The Morgan fingerprint density at radius 3 is 2.06 bits per heavy atom. The first-order valence-corrected chi connectivity index (χ1v) is 12.0. The van der Waals surface area contributed by atoms with Crippen LogP contribution in [0.1, 0.15) is 50.7 Å². The predicted octanol–water partition coefficient (Wildman–Crippen LogP) is 4.63. The molecule has 0 radical (unpaired) electrons. The van der Waals surface area contributed by atoms with Crippen molar-refractivity contribution >= 4 is 18.2 Å². The number of ether oxygens (including phenoxy) is 2. The number of hydrogen-bond donors (Lipinski definition) is 2. The Hall–Kier alpha value is -3.55. The van der Waals surface area contributed by atoms with E-state index in [-0.39, 0.29) is 18.4 Å². The van der Waals surface area contributed by atoms with Crippen molar-refractivity contribution in [2.75, 3.05) is 19.7 Å². The van der Waals surface area contributed by atoms with Gasteiger partial charge in [-0.15, -0.1) is 0 Å². The summed E-state index contributed by atoms with van der Waals surface area (Å²) in [5.41, 5.74) is 3.92. The monoisotopic (exact) mass is 480 g/mol. The molecule has 1 aliphatic carbocycles. The third kappa shape index (κ3) is 5.58. The van der Waals surface area contributed by atoms with E-state index >= 15 is 0 Å². The van der Waals surface area contributed by atoms with Crippen molar-refractivity contribution in [1.82, 2.24) is 10.2 Å². The minimum atomic E-state index is -1.12. The molecule has 0 unspecified atom stereocenters. The van der Waals surface area contributed by atoms with E-state index in [9.17, 15) is 19.5 Å². The molecule has 35 heavy (non-hydrogen) atoms. The summed E-state index contributed by atoms with van der Waals surface area (Å²) in [7, 11) is 0. The van der Waals surface area contributed by atoms with Gasteiger partial charge in [-0.1, -0.05) is 48.5 Å². The highest BCUT2D eigenvalue weighted by Gasteiger charge is 2.36. The summed E-state index contributed by atoms with van der Waals surface area (Å²) < 4.78 is 10.9. The van der Waals surface area contributed by atoms with Gasteiger partial charge in [-0.2, -0.15) is 0 Å². The number of hydrogen-bond acceptors (Lipinski definition) is 5. The number of alkyl carbamates (subject to hydrolysis) is 1. The van der Waals surface area contributed by atoms with Crippen LogP contribution in [0.5, 0.6) is 0 Å². The molecule has 0 spiro atoms. The van der Waals surface area contributed by atoms with Crippen molar-refractivity contribution in [3.8, 4) is 11.1 Å². The number of fused-ring (bicyclic) bond motifs is 3. The fourth-order valence-corrected chi connectivity index (χ4v) is 4.92. The number of carbonyl (C=O) groups is 3. The van der Waals surface area contributed by atoms with Gasteiger partial charge >= 0.3 is 18.2 Å². The molecule has 8 nitrogen and oxygen atoms in total. The number of benzene rings is 2. The van der Waals surface area contributed by atoms with Gasteiger partial charge in [-0.25, -0.2) is 14.4 Å². The molecule has 1 aliphatic heterocycles. The molecule has 2 N–H and O–H groups in total. The van der Waals surface area contributed by atoms with Crippen molar-refractivity contribution in [3.05, 3.63) is 59.7 Å². The number of nitrogens with one attached hydrogen (secondary N) is 1. The molecule has 0 bridgehead atoms. The van der Waals surface area contributed by atoms with Gasteiger partial charge in [0, 0.05) is 19.0 Å². The lowest BCUT2D eigenvalue weighted by Crippen LogP contribution is -2.51. The molecule has 1 saturated heterocycles. The Morgan fingerprint density at radius 2 is 1.54 bits per heavy atom. The summed E-state index contributed by atoms with van der Waals surface area (Å²) in [5, 5.41) is 12.1. The highest BCUT2D eigenvalue weighted by atomic mass is 16.6. The minimum absolute atomic E-state index is 0.0155. The molecule has 8 heteroatoms. The van der Waals surface area contributed by atoms with E-state index < -0.39 is 29.8 Å². The number of piperidine rings is 1. The fourth-order valence-electron chi connectivity index (χ4n) is 4.92. The Labute approximate surface area is 205 Å². The van der Waals surface area contributed by atoms with Crippen molar-refractivity contribution in [1.29, 1.82) is 0 Å². The molecular weight excluding hydrogens is 448 g/mol. The Morgan fingerprint density at radius 1 is 1.00 bits per heavy atom.